The first-order valence-electron chi connectivity index (χ1n) is 10.0. The lowest BCUT2D eigenvalue weighted by atomic mass is 10.2. The number of nitrogens with zero attached hydrogens (tertiary/aromatic N) is 6. The van der Waals surface area contributed by atoms with E-state index in [1.165, 1.54) is 23.1 Å². The number of aryl methyl sites for hydroxylation is 2. The molecule has 4 aromatic rings. The number of carbonyl (C=O) groups excluding carboxylic acids is 1. The fourth-order valence-electron chi connectivity index (χ4n) is 3.07. The van der Waals surface area contributed by atoms with Crippen LogP contribution in [0.5, 0.6) is 5.75 Å². The number of aromatic nitrogens is 6. The maximum Gasteiger partial charge on any atom is 0.236 e. The van der Waals surface area contributed by atoms with E-state index in [4.69, 9.17) is 4.74 Å². The highest BCUT2D eigenvalue weighted by Crippen LogP contribution is 2.25. The normalized spacial score (nSPS) is 11.0. The molecule has 0 aliphatic rings. The molecule has 0 atom stereocenters. The monoisotopic (exact) mass is 469 g/mol. The molecule has 32 heavy (non-hydrogen) atoms. The fourth-order valence-corrected chi connectivity index (χ4v) is 4.54. The Labute approximate surface area is 193 Å². The number of benzene rings is 1. The van der Waals surface area contributed by atoms with Gasteiger partial charge in [0, 0.05) is 31.0 Å². The van der Waals surface area contributed by atoms with E-state index in [1.807, 2.05) is 55.1 Å². The van der Waals surface area contributed by atoms with Gasteiger partial charge in [0.1, 0.15) is 16.6 Å². The molecule has 0 fully saturated rings. The van der Waals surface area contributed by atoms with Crippen molar-refractivity contribution in [3.05, 3.63) is 59.1 Å². The summed E-state index contributed by atoms with van der Waals surface area (Å²) in [6.07, 6.45) is 3.40. The average Bonchev–Trinajstić information content (AvgIpc) is 3.53. The van der Waals surface area contributed by atoms with Crippen LogP contribution in [0.25, 0.3) is 5.69 Å². The molecule has 0 saturated heterocycles. The molecule has 0 aliphatic carbocycles. The zero-order valence-corrected chi connectivity index (χ0v) is 19.6. The molecule has 0 spiro atoms. The van der Waals surface area contributed by atoms with E-state index < -0.39 is 0 Å². The molecule has 3 heterocycles. The minimum Gasteiger partial charge on any atom is -0.497 e. The molecule has 0 bridgehead atoms. The largest absolute Gasteiger partial charge is 0.497 e. The highest BCUT2D eigenvalue weighted by Gasteiger charge is 2.18. The van der Waals surface area contributed by atoms with Gasteiger partial charge in [-0.05, 0) is 42.8 Å². The SMILES string of the molecule is CCc1nnc(NC(=O)CSc2nnc(Cc3cccn3C)n2-c2ccc(OC)cc2)s1. The van der Waals surface area contributed by atoms with Crippen LogP contribution in [-0.4, -0.2) is 48.3 Å². The Balaban J connectivity index is 1.55. The summed E-state index contributed by atoms with van der Waals surface area (Å²) in [6, 6.07) is 11.7. The number of nitrogens with one attached hydrogen (secondary N) is 1. The summed E-state index contributed by atoms with van der Waals surface area (Å²) in [5.74, 6) is 1.57. The van der Waals surface area contributed by atoms with E-state index in [2.05, 4.69) is 36.3 Å². The third-order valence-corrected chi connectivity index (χ3v) is 6.68. The van der Waals surface area contributed by atoms with Gasteiger partial charge in [0.25, 0.3) is 0 Å². The van der Waals surface area contributed by atoms with E-state index in [9.17, 15) is 4.79 Å². The highest BCUT2D eigenvalue weighted by molar-refractivity contribution is 7.99. The second-order valence-electron chi connectivity index (χ2n) is 6.91. The molecule has 1 N–H and O–H groups in total. The first-order chi connectivity index (χ1) is 15.6. The van der Waals surface area contributed by atoms with E-state index in [1.54, 1.807) is 7.11 Å². The summed E-state index contributed by atoms with van der Waals surface area (Å²) in [4.78, 5) is 12.5. The van der Waals surface area contributed by atoms with Gasteiger partial charge in [-0.25, -0.2) is 0 Å². The summed E-state index contributed by atoms with van der Waals surface area (Å²) >= 11 is 2.71. The summed E-state index contributed by atoms with van der Waals surface area (Å²) < 4.78 is 9.31. The van der Waals surface area contributed by atoms with E-state index in [0.29, 0.717) is 16.7 Å². The van der Waals surface area contributed by atoms with Gasteiger partial charge in [-0.1, -0.05) is 30.0 Å². The molecule has 0 aliphatic heterocycles. The van der Waals surface area contributed by atoms with Crippen LogP contribution in [0.15, 0.2) is 47.8 Å². The quantitative estimate of drug-likeness (QED) is 0.375. The summed E-state index contributed by atoms with van der Waals surface area (Å²) in [5.41, 5.74) is 2.02. The number of amides is 1. The van der Waals surface area contributed by atoms with Crippen molar-refractivity contribution in [2.75, 3.05) is 18.2 Å². The minimum atomic E-state index is -0.165. The van der Waals surface area contributed by atoms with Gasteiger partial charge in [0.15, 0.2) is 5.16 Å². The van der Waals surface area contributed by atoms with Crippen LogP contribution in [-0.2, 0) is 24.7 Å². The van der Waals surface area contributed by atoms with E-state index in [-0.39, 0.29) is 11.7 Å². The van der Waals surface area contributed by atoms with E-state index in [0.717, 1.165) is 34.4 Å². The Morgan fingerprint density at radius 1 is 1.16 bits per heavy atom. The predicted octanol–water partition coefficient (Wildman–Crippen LogP) is 3.35. The third kappa shape index (κ3) is 5.00. The Bertz CT molecular complexity index is 1200. The van der Waals surface area contributed by atoms with Crippen molar-refractivity contribution < 1.29 is 9.53 Å². The zero-order chi connectivity index (χ0) is 22.5. The number of methoxy groups -OCH3 is 1. The van der Waals surface area contributed by atoms with Gasteiger partial charge in [-0.3, -0.25) is 14.7 Å². The molecule has 0 unspecified atom stereocenters. The Morgan fingerprint density at radius 3 is 2.62 bits per heavy atom. The standard InChI is InChI=1S/C21H23N7O2S2/c1-4-19-24-25-20(32-19)22-18(29)13-31-21-26-23-17(12-15-6-5-11-27(15)2)28(21)14-7-9-16(30-3)10-8-14/h5-11H,4,12-13H2,1-3H3,(H,22,25,29). The first kappa shape index (κ1) is 22.0. The van der Waals surface area contributed by atoms with Crippen molar-refractivity contribution >= 4 is 34.1 Å². The molecule has 1 aromatic carbocycles. The van der Waals surface area contributed by atoms with Crippen LogP contribution in [0.2, 0.25) is 0 Å². The molecule has 166 valence electrons. The lowest BCUT2D eigenvalue weighted by Crippen LogP contribution is -2.14. The number of hydrogen-bond acceptors (Lipinski definition) is 8. The molecule has 0 radical (unpaired) electrons. The van der Waals surface area contributed by atoms with Crippen molar-refractivity contribution in [1.82, 2.24) is 29.5 Å². The lowest BCUT2D eigenvalue weighted by Gasteiger charge is -2.11. The molecule has 0 saturated carbocycles. The Hall–Kier alpha value is -3.18. The highest BCUT2D eigenvalue weighted by atomic mass is 32.2. The number of thioether (sulfide) groups is 1. The van der Waals surface area contributed by atoms with Crippen molar-refractivity contribution in [3.8, 4) is 11.4 Å². The van der Waals surface area contributed by atoms with Crippen molar-refractivity contribution in [1.29, 1.82) is 0 Å². The van der Waals surface area contributed by atoms with E-state index >= 15 is 0 Å². The van der Waals surface area contributed by atoms with Crippen LogP contribution >= 0.6 is 23.1 Å². The van der Waals surface area contributed by atoms with Gasteiger partial charge >= 0.3 is 0 Å². The first-order valence-corrected chi connectivity index (χ1v) is 11.8. The van der Waals surface area contributed by atoms with Gasteiger partial charge in [-0.2, -0.15) is 0 Å². The van der Waals surface area contributed by atoms with Crippen LogP contribution in [0.4, 0.5) is 5.13 Å². The Kier molecular flexibility index (Phi) is 6.86. The summed E-state index contributed by atoms with van der Waals surface area (Å²) in [7, 11) is 3.64. The molecule has 11 heteroatoms. The number of anilines is 1. The maximum absolute atomic E-state index is 12.5. The Morgan fingerprint density at radius 2 is 1.97 bits per heavy atom. The minimum absolute atomic E-state index is 0.165. The lowest BCUT2D eigenvalue weighted by molar-refractivity contribution is -0.113. The average molecular weight is 470 g/mol. The topological polar surface area (TPSA) is 99.8 Å². The summed E-state index contributed by atoms with van der Waals surface area (Å²) in [6.45, 7) is 2.00. The van der Waals surface area contributed by atoms with Crippen LogP contribution < -0.4 is 10.1 Å². The third-order valence-electron chi connectivity index (χ3n) is 4.77. The molecular weight excluding hydrogens is 446 g/mol. The second kappa shape index (κ2) is 9.96. The van der Waals surface area contributed by atoms with Crippen LogP contribution in [0.3, 0.4) is 0 Å². The molecule has 1 amide bonds. The number of hydrogen-bond donors (Lipinski definition) is 1. The fraction of sp³-hybridized carbons (Fsp3) is 0.286. The van der Waals surface area contributed by atoms with Crippen molar-refractivity contribution in [2.45, 2.75) is 24.9 Å². The molecular formula is C21H23N7O2S2. The van der Waals surface area contributed by atoms with Crippen LogP contribution in [0, 0.1) is 0 Å². The van der Waals surface area contributed by atoms with Gasteiger partial charge < -0.3 is 9.30 Å². The predicted molar refractivity (Wildman–Crippen MR) is 125 cm³/mol. The van der Waals surface area contributed by atoms with Crippen molar-refractivity contribution in [3.63, 3.8) is 0 Å². The zero-order valence-electron chi connectivity index (χ0n) is 18.0. The second-order valence-corrected chi connectivity index (χ2v) is 8.92. The molecule has 4 rings (SSSR count). The summed E-state index contributed by atoms with van der Waals surface area (Å²) in [5, 5.41) is 21.7. The van der Waals surface area contributed by atoms with Crippen LogP contribution in [0.1, 0.15) is 23.4 Å². The van der Waals surface area contributed by atoms with Gasteiger partial charge in [-0.15, -0.1) is 20.4 Å². The number of carbonyl (C=O) groups is 1. The maximum atomic E-state index is 12.5. The van der Waals surface area contributed by atoms with Crippen molar-refractivity contribution in [2.24, 2.45) is 7.05 Å². The molecule has 9 nitrogen and oxygen atoms in total. The number of rotatable bonds is 9. The van der Waals surface area contributed by atoms with Gasteiger partial charge in [0.2, 0.25) is 11.0 Å². The number of ether oxygens (including phenoxy) is 1. The smallest absolute Gasteiger partial charge is 0.236 e. The van der Waals surface area contributed by atoms with Gasteiger partial charge in [0.05, 0.1) is 12.9 Å². The molecule has 3 aromatic heterocycles.